The number of ether oxygens (including phenoxy) is 2. The molecule has 0 bridgehead atoms. The molecule has 0 heterocycles. The van der Waals surface area contributed by atoms with Gasteiger partial charge in [-0.25, -0.2) is 0 Å². The molecule has 1 aromatic carbocycles. The average Bonchev–Trinajstić information content (AvgIpc) is 2.29. The lowest BCUT2D eigenvalue weighted by Gasteiger charge is -2.09. The van der Waals surface area contributed by atoms with Gasteiger partial charge in [-0.15, -0.1) is 0 Å². The first-order valence-electron chi connectivity index (χ1n) is 5.01. The number of hydrogen-bond donors (Lipinski definition) is 0. The first-order chi connectivity index (χ1) is 8.51. The molecule has 0 atom stereocenters. The summed E-state index contributed by atoms with van der Waals surface area (Å²) in [7, 11) is 0. The highest BCUT2D eigenvalue weighted by Crippen LogP contribution is 2.24. The minimum Gasteiger partial charge on any atom is -0.435 e. The molecule has 0 unspecified atom stereocenters. The van der Waals surface area contributed by atoms with Crippen LogP contribution in [-0.2, 0) is 0 Å². The molecule has 0 aliphatic rings. The van der Waals surface area contributed by atoms with E-state index in [0.717, 1.165) is 18.2 Å². The second-order valence-electron chi connectivity index (χ2n) is 2.61. The zero-order valence-electron chi connectivity index (χ0n) is 9.70. The number of halogens is 4. The summed E-state index contributed by atoms with van der Waals surface area (Å²) in [6.07, 6.45) is 0.302. The molecule has 0 amide bonds. The van der Waals surface area contributed by atoms with E-state index in [2.05, 4.69) is 9.47 Å². The van der Waals surface area contributed by atoms with Crippen LogP contribution in [0.4, 0.5) is 17.6 Å². The van der Waals surface area contributed by atoms with Gasteiger partial charge in [0.05, 0.1) is 0 Å². The van der Waals surface area contributed by atoms with Gasteiger partial charge in [-0.2, -0.15) is 17.6 Å². The number of carbonyl (C=O) groups excluding carboxylic acids is 1. The third kappa shape index (κ3) is 6.07. The SMILES string of the molecule is CC.O=Cc1cc(OC(F)F)cc(OC(F)F)c1. The van der Waals surface area contributed by atoms with Gasteiger partial charge in [0, 0.05) is 11.6 Å². The molecule has 3 nitrogen and oxygen atoms in total. The number of benzene rings is 1. The molecule has 0 aromatic heterocycles. The van der Waals surface area contributed by atoms with Gasteiger partial charge in [0.1, 0.15) is 17.8 Å². The van der Waals surface area contributed by atoms with Crippen LogP contribution in [0.2, 0.25) is 0 Å². The van der Waals surface area contributed by atoms with E-state index < -0.39 is 24.7 Å². The van der Waals surface area contributed by atoms with E-state index in [1.807, 2.05) is 13.8 Å². The van der Waals surface area contributed by atoms with E-state index in [1.165, 1.54) is 0 Å². The third-order valence-electron chi connectivity index (χ3n) is 1.49. The highest BCUT2D eigenvalue weighted by atomic mass is 19.3. The molecule has 0 aliphatic heterocycles. The molecule has 0 radical (unpaired) electrons. The van der Waals surface area contributed by atoms with Crippen molar-refractivity contribution >= 4 is 6.29 Å². The first kappa shape index (κ1) is 16.2. The minimum atomic E-state index is -3.11. The summed E-state index contributed by atoms with van der Waals surface area (Å²) >= 11 is 0. The molecule has 0 spiro atoms. The van der Waals surface area contributed by atoms with Crippen LogP contribution < -0.4 is 9.47 Å². The molecule has 0 saturated carbocycles. The van der Waals surface area contributed by atoms with Crippen molar-refractivity contribution in [2.75, 3.05) is 0 Å². The van der Waals surface area contributed by atoms with E-state index in [4.69, 9.17) is 0 Å². The largest absolute Gasteiger partial charge is 0.435 e. The summed E-state index contributed by atoms with van der Waals surface area (Å²) in [6, 6.07) is 2.81. The molecule has 1 rings (SSSR count). The van der Waals surface area contributed by atoms with E-state index >= 15 is 0 Å². The predicted molar refractivity (Wildman–Crippen MR) is 56.4 cm³/mol. The fraction of sp³-hybridized carbons (Fsp3) is 0.364. The molecular formula is C11H12F4O3. The van der Waals surface area contributed by atoms with Crippen molar-refractivity contribution in [3.8, 4) is 11.5 Å². The lowest BCUT2D eigenvalue weighted by atomic mass is 10.2. The summed E-state index contributed by atoms with van der Waals surface area (Å²) in [4.78, 5) is 10.4. The van der Waals surface area contributed by atoms with Crippen LogP contribution in [0.15, 0.2) is 18.2 Å². The van der Waals surface area contributed by atoms with E-state index in [1.54, 1.807) is 0 Å². The Morgan fingerprint density at radius 3 is 1.61 bits per heavy atom. The lowest BCUT2D eigenvalue weighted by molar-refractivity contribution is -0.0543. The Morgan fingerprint density at radius 2 is 1.33 bits per heavy atom. The van der Waals surface area contributed by atoms with Gasteiger partial charge in [-0.3, -0.25) is 4.79 Å². The maximum absolute atomic E-state index is 11.9. The second kappa shape index (κ2) is 8.32. The predicted octanol–water partition coefficient (Wildman–Crippen LogP) is 3.73. The van der Waals surface area contributed by atoms with Crippen LogP contribution in [0.1, 0.15) is 24.2 Å². The van der Waals surface area contributed by atoms with Crippen molar-refractivity contribution in [3.63, 3.8) is 0 Å². The third-order valence-corrected chi connectivity index (χ3v) is 1.49. The number of alkyl halides is 4. The summed E-state index contributed by atoms with van der Waals surface area (Å²) in [5.74, 6) is -0.842. The zero-order chi connectivity index (χ0) is 14.1. The van der Waals surface area contributed by atoms with Gasteiger partial charge in [-0.1, -0.05) is 13.8 Å². The summed E-state index contributed by atoms with van der Waals surface area (Å²) in [5.41, 5.74) is -0.103. The fourth-order valence-electron chi connectivity index (χ4n) is 1.00. The molecule has 0 N–H and O–H groups in total. The van der Waals surface area contributed by atoms with Crippen molar-refractivity contribution in [1.82, 2.24) is 0 Å². The molecule has 1 aromatic rings. The fourth-order valence-corrected chi connectivity index (χ4v) is 1.00. The minimum absolute atomic E-state index is 0.103. The Balaban J connectivity index is 0.00000137. The lowest BCUT2D eigenvalue weighted by Crippen LogP contribution is -2.05. The molecule has 102 valence electrons. The van der Waals surface area contributed by atoms with E-state index in [-0.39, 0.29) is 5.56 Å². The number of rotatable bonds is 5. The quantitative estimate of drug-likeness (QED) is 0.603. The van der Waals surface area contributed by atoms with Gasteiger partial charge in [-0.05, 0) is 12.1 Å². The molecule has 0 saturated heterocycles. The summed E-state index contributed by atoms with van der Waals surface area (Å²) < 4.78 is 55.3. The van der Waals surface area contributed by atoms with Crippen LogP contribution in [-0.4, -0.2) is 19.5 Å². The topological polar surface area (TPSA) is 35.5 Å². The highest BCUT2D eigenvalue weighted by molar-refractivity contribution is 5.76. The van der Waals surface area contributed by atoms with E-state index in [9.17, 15) is 22.4 Å². The van der Waals surface area contributed by atoms with Crippen LogP contribution in [0.5, 0.6) is 11.5 Å². The number of hydrogen-bond acceptors (Lipinski definition) is 3. The highest BCUT2D eigenvalue weighted by Gasteiger charge is 2.10. The maximum atomic E-state index is 11.9. The van der Waals surface area contributed by atoms with Gasteiger partial charge >= 0.3 is 13.2 Å². The Morgan fingerprint density at radius 1 is 0.944 bits per heavy atom. The van der Waals surface area contributed by atoms with Gasteiger partial charge in [0.2, 0.25) is 0 Å². The van der Waals surface area contributed by atoms with Crippen molar-refractivity contribution in [3.05, 3.63) is 23.8 Å². The van der Waals surface area contributed by atoms with Crippen molar-refractivity contribution < 1.29 is 31.8 Å². The zero-order valence-corrected chi connectivity index (χ0v) is 9.70. The Kier molecular flexibility index (Phi) is 7.50. The first-order valence-corrected chi connectivity index (χ1v) is 5.01. The molecule has 0 fully saturated rings. The average molecular weight is 268 g/mol. The second-order valence-corrected chi connectivity index (χ2v) is 2.61. The van der Waals surface area contributed by atoms with Crippen LogP contribution in [0.25, 0.3) is 0 Å². The standard InChI is InChI=1S/C9H6F4O3.C2H6/c10-8(11)15-6-1-5(4-14)2-7(3-6)16-9(12)13;1-2/h1-4,8-9H;1-2H3. The normalized spacial score (nSPS) is 9.78. The number of carbonyl (C=O) groups is 1. The van der Waals surface area contributed by atoms with Gasteiger partial charge in [0.25, 0.3) is 0 Å². The Labute approximate surface area is 101 Å². The Hall–Kier alpha value is -1.79. The monoisotopic (exact) mass is 268 g/mol. The molecular weight excluding hydrogens is 256 g/mol. The van der Waals surface area contributed by atoms with Crippen LogP contribution in [0, 0.1) is 0 Å². The Bertz CT molecular complexity index is 341. The summed E-state index contributed by atoms with van der Waals surface area (Å²) in [5, 5.41) is 0. The van der Waals surface area contributed by atoms with Gasteiger partial charge < -0.3 is 9.47 Å². The smallest absolute Gasteiger partial charge is 0.387 e. The maximum Gasteiger partial charge on any atom is 0.387 e. The van der Waals surface area contributed by atoms with Crippen molar-refractivity contribution in [1.29, 1.82) is 0 Å². The molecule has 18 heavy (non-hydrogen) atoms. The summed E-state index contributed by atoms with van der Waals surface area (Å²) in [6.45, 7) is -2.22. The van der Waals surface area contributed by atoms with Crippen LogP contribution >= 0.6 is 0 Å². The molecule has 0 aliphatic carbocycles. The van der Waals surface area contributed by atoms with E-state index in [0.29, 0.717) is 6.29 Å². The van der Waals surface area contributed by atoms with Crippen LogP contribution in [0.3, 0.4) is 0 Å². The molecule has 7 heteroatoms. The van der Waals surface area contributed by atoms with Crippen molar-refractivity contribution in [2.45, 2.75) is 27.1 Å². The number of aldehydes is 1. The van der Waals surface area contributed by atoms with Crippen molar-refractivity contribution in [2.24, 2.45) is 0 Å². The van der Waals surface area contributed by atoms with Gasteiger partial charge in [0.15, 0.2) is 0 Å².